The number of methoxy groups -OCH3 is 1. The highest BCUT2D eigenvalue weighted by molar-refractivity contribution is 5.70. The molecule has 0 spiro atoms. The molecule has 0 saturated heterocycles. The predicted molar refractivity (Wildman–Crippen MR) is 98.6 cm³/mol. The average Bonchev–Trinajstić information content (AvgIpc) is 2.72. The quantitative estimate of drug-likeness (QED) is 0.676. The molecule has 0 fully saturated rings. The van der Waals surface area contributed by atoms with Gasteiger partial charge in [-0.2, -0.15) is 10.5 Å². The molecule has 26 heavy (non-hydrogen) atoms. The third-order valence-corrected chi connectivity index (χ3v) is 4.00. The Labute approximate surface area is 152 Å². The zero-order chi connectivity index (χ0) is 18.4. The molecule has 0 heterocycles. The van der Waals surface area contributed by atoms with Crippen molar-refractivity contribution in [2.75, 3.05) is 7.11 Å². The minimum absolute atomic E-state index is 0.377. The molecule has 4 heteroatoms. The molecule has 4 nitrogen and oxygen atoms in total. The first-order valence-corrected chi connectivity index (χ1v) is 8.04. The molecule has 0 atom stereocenters. The highest BCUT2D eigenvalue weighted by Crippen LogP contribution is 2.29. The Morgan fingerprint density at radius 3 is 2.31 bits per heavy atom. The fourth-order valence-corrected chi connectivity index (χ4v) is 2.63. The standard InChI is InChI=1S/C22H16N2O2/c1-25-22-12-17(13-23)8-11-21(22)26-15-16-6-9-18(10-7-16)20-5-3-2-4-19(20)14-24/h2-12H,15H2,1H3. The van der Waals surface area contributed by atoms with Gasteiger partial charge in [-0.05, 0) is 34.9 Å². The molecular weight excluding hydrogens is 324 g/mol. The monoisotopic (exact) mass is 340 g/mol. The fourth-order valence-electron chi connectivity index (χ4n) is 2.63. The third-order valence-electron chi connectivity index (χ3n) is 4.00. The first-order chi connectivity index (χ1) is 12.7. The van der Waals surface area contributed by atoms with Crippen LogP contribution in [0.1, 0.15) is 16.7 Å². The van der Waals surface area contributed by atoms with Crippen molar-refractivity contribution in [3.8, 4) is 34.8 Å². The van der Waals surface area contributed by atoms with Crippen LogP contribution in [0.2, 0.25) is 0 Å². The molecule has 3 aromatic carbocycles. The molecule has 0 bridgehead atoms. The maximum atomic E-state index is 9.23. The zero-order valence-corrected chi connectivity index (χ0v) is 14.3. The van der Waals surface area contributed by atoms with Gasteiger partial charge in [0.25, 0.3) is 0 Å². The summed E-state index contributed by atoms with van der Waals surface area (Å²) in [5, 5.41) is 18.2. The number of hydrogen-bond donors (Lipinski definition) is 0. The first kappa shape index (κ1) is 17.1. The van der Waals surface area contributed by atoms with Crippen LogP contribution in [0.5, 0.6) is 11.5 Å². The van der Waals surface area contributed by atoms with Crippen molar-refractivity contribution in [3.63, 3.8) is 0 Å². The van der Waals surface area contributed by atoms with Crippen LogP contribution in [0.4, 0.5) is 0 Å². The summed E-state index contributed by atoms with van der Waals surface area (Å²) in [5.41, 5.74) is 4.07. The van der Waals surface area contributed by atoms with E-state index in [4.69, 9.17) is 14.7 Å². The molecule has 126 valence electrons. The van der Waals surface area contributed by atoms with Crippen molar-refractivity contribution in [2.45, 2.75) is 6.61 Å². The number of nitrogens with zero attached hydrogens (tertiary/aromatic N) is 2. The van der Waals surface area contributed by atoms with Gasteiger partial charge in [-0.25, -0.2) is 0 Å². The van der Waals surface area contributed by atoms with Gasteiger partial charge in [-0.15, -0.1) is 0 Å². The average molecular weight is 340 g/mol. The van der Waals surface area contributed by atoms with E-state index in [1.807, 2.05) is 48.5 Å². The van der Waals surface area contributed by atoms with Crippen LogP contribution in [-0.4, -0.2) is 7.11 Å². The summed E-state index contributed by atoms with van der Waals surface area (Å²) in [6.07, 6.45) is 0. The lowest BCUT2D eigenvalue weighted by atomic mass is 9.99. The molecule has 3 rings (SSSR count). The van der Waals surface area contributed by atoms with E-state index >= 15 is 0 Å². The Morgan fingerprint density at radius 1 is 0.846 bits per heavy atom. The minimum Gasteiger partial charge on any atom is -0.493 e. The van der Waals surface area contributed by atoms with Gasteiger partial charge in [0.2, 0.25) is 0 Å². The van der Waals surface area contributed by atoms with Crippen LogP contribution < -0.4 is 9.47 Å². The van der Waals surface area contributed by atoms with E-state index < -0.39 is 0 Å². The number of benzene rings is 3. The summed E-state index contributed by atoms with van der Waals surface area (Å²) in [4.78, 5) is 0. The van der Waals surface area contributed by atoms with E-state index in [1.54, 1.807) is 25.3 Å². The van der Waals surface area contributed by atoms with Crippen molar-refractivity contribution in [1.82, 2.24) is 0 Å². The highest BCUT2D eigenvalue weighted by atomic mass is 16.5. The Kier molecular flexibility index (Phi) is 5.17. The van der Waals surface area contributed by atoms with E-state index in [2.05, 4.69) is 12.1 Å². The molecule has 0 aliphatic carbocycles. The Balaban J connectivity index is 1.75. The van der Waals surface area contributed by atoms with Gasteiger partial charge in [0, 0.05) is 6.07 Å². The van der Waals surface area contributed by atoms with E-state index in [9.17, 15) is 5.26 Å². The number of ether oxygens (including phenoxy) is 2. The second-order valence-corrected chi connectivity index (χ2v) is 5.62. The van der Waals surface area contributed by atoms with Crippen molar-refractivity contribution in [1.29, 1.82) is 10.5 Å². The summed E-state index contributed by atoms with van der Waals surface area (Å²) >= 11 is 0. The lowest BCUT2D eigenvalue weighted by molar-refractivity contribution is 0.284. The lowest BCUT2D eigenvalue weighted by Gasteiger charge is -2.11. The van der Waals surface area contributed by atoms with Gasteiger partial charge < -0.3 is 9.47 Å². The first-order valence-electron chi connectivity index (χ1n) is 8.04. The normalized spacial score (nSPS) is 9.81. The van der Waals surface area contributed by atoms with E-state index in [-0.39, 0.29) is 0 Å². The second-order valence-electron chi connectivity index (χ2n) is 5.62. The van der Waals surface area contributed by atoms with Crippen LogP contribution in [0.3, 0.4) is 0 Å². The summed E-state index contributed by atoms with van der Waals surface area (Å²) in [6.45, 7) is 0.377. The summed E-state index contributed by atoms with van der Waals surface area (Å²) < 4.78 is 11.1. The van der Waals surface area contributed by atoms with Gasteiger partial charge in [-0.1, -0.05) is 42.5 Å². The third kappa shape index (κ3) is 3.66. The Bertz CT molecular complexity index is 996. The summed E-state index contributed by atoms with van der Waals surface area (Å²) in [7, 11) is 1.55. The fraction of sp³-hybridized carbons (Fsp3) is 0.0909. The highest BCUT2D eigenvalue weighted by Gasteiger charge is 2.07. The van der Waals surface area contributed by atoms with Crippen molar-refractivity contribution < 1.29 is 9.47 Å². The molecule has 0 aromatic heterocycles. The van der Waals surface area contributed by atoms with E-state index in [0.717, 1.165) is 16.7 Å². The van der Waals surface area contributed by atoms with Crippen molar-refractivity contribution >= 4 is 0 Å². The molecule has 0 saturated carbocycles. The largest absolute Gasteiger partial charge is 0.493 e. The number of nitriles is 2. The lowest BCUT2D eigenvalue weighted by Crippen LogP contribution is -1.98. The van der Waals surface area contributed by atoms with Gasteiger partial charge in [0.15, 0.2) is 11.5 Å². The molecule has 0 aliphatic rings. The van der Waals surface area contributed by atoms with Crippen LogP contribution in [0.25, 0.3) is 11.1 Å². The smallest absolute Gasteiger partial charge is 0.162 e. The Morgan fingerprint density at radius 2 is 1.62 bits per heavy atom. The van der Waals surface area contributed by atoms with Gasteiger partial charge in [0.1, 0.15) is 6.61 Å². The molecule has 0 aliphatic heterocycles. The van der Waals surface area contributed by atoms with Gasteiger partial charge >= 0.3 is 0 Å². The maximum absolute atomic E-state index is 9.23. The molecule has 0 unspecified atom stereocenters. The zero-order valence-electron chi connectivity index (χ0n) is 14.3. The molecule has 0 amide bonds. The van der Waals surface area contributed by atoms with Crippen LogP contribution >= 0.6 is 0 Å². The van der Waals surface area contributed by atoms with E-state index in [1.165, 1.54) is 0 Å². The summed E-state index contributed by atoms with van der Waals surface area (Å²) in [5.74, 6) is 1.12. The van der Waals surface area contributed by atoms with Crippen LogP contribution in [0.15, 0.2) is 66.7 Å². The summed E-state index contributed by atoms with van der Waals surface area (Å²) in [6, 6.07) is 24.8. The van der Waals surface area contributed by atoms with Crippen LogP contribution in [0, 0.1) is 22.7 Å². The molecule has 3 aromatic rings. The Hall–Kier alpha value is -3.76. The van der Waals surface area contributed by atoms with E-state index in [0.29, 0.717) is 29.2 Å². The SMILES string of the molecule is COc1cc(C#N)ccc1OCc1ccc(-c2ccccc2C#N)cc1. The predicted octanol–water partition coefficient (Wildman–Crippen LogP) is 4.68. The van der Waals surface area contributed by atoms with Crippen molar-refractivity contribution in [2.24, 2.45) is 0 Å². The van der Waals surface area contributed by atoms with Crippen LogP contribution in [-0.2, 0) is 6.61 Å². The number of rotatable bonds is 5. The van der Waals surface area contributed by atoms with Gasteiger partial charge in [0.05, 0.1) is 30.4 Å². The topological polar surface area (TPSA) is 66.0 Å². The molecule has 0 N–H and O–H groups in total. The maximum Gasteiger partial charge on any atom is 0.162 e. The second kappa shape index (κ2) is 7.88. The molecular formula is C22H16N2O2. The minimum atomic E-state index is 0.377. The van der Waals surface area contributed by atoms with Gasteiger partial charge in [-0.3, -0.25) is 0 Å². The number of hydrogen-bond acceptors (Lipinski definition) is 4. The van der Waals surface area contributed by atoms with Crippen molar-refractivity contribution in [3.05, 3.63) is 83.4 Å². The molecule has 0 radical (unpaired) electrons.